The number of hydrogen-bond acceptors (Lipinski definition) is 2. The van der Waals surface area contributed by atoms with Crippen molar-refractivity contribution in [1.29, 1.82) is 0 Å². The standard InChI is InChI=1S/C14H23BrOS/c1-2-3-4-5-6-7-8-9-13(16)12-10-14(15)17-11-12/h10-11,13,16H,2-9H2,1H3. The second-order valence-electron chi connectivity index (χ2n) is 4.61. The van der Waals surface area contributed by atoms with E-state index in [9.17, 15) is 5.11 Å². The Morgan fingerprint density at radius 3 is 2.41 bits per heavy atom. The van der Waals surface area contributed by atoms with Crippen LogP contribution < -0.4 is 0 Å². The SMILES string of the molecule is CCCCCCCCCC(O)c1csc(Br)c1. The van der Waals surface area contributed by atoms with Gasteiger partial charge in [0.1, 0.15) is 0 Å². The monoisotopic (exact) mass is 318 g/mol. The van der Waals surface area contributed by atoms with Crippen LogP contribution in [0.5, 0.6) is 0 Å². The van der Waals surface area contributed by atoms with Gasteiger partial charge in [0.25, 0.3) is 0 Å². The van der Waals surface area contributed by atoms with Gasteiger partial charge in [-0.2, -0.15) is 0 Å². The van der Waals surface area contributed by atoms with Gasteiger partial charge in [0.15, 0.2) is 0 Å². The Hall–Kier alpha value is 0.140. The molecule has 0 amide bonds. The van der Waals surface area contributed by atoms with Crippen LogP contribution in [-0.2, 0) is 0 Å². The topological polar surface area (TPSA) is 20.2 Å². The average molecular weight is 319 g/mol. The molecule has 0 aromatic carbocycles. The smallest absolute Gasteiger partial charge is 0.0798 e. The Labute approximate surface area is 117 Å². The molecular formula is C14H23BrOS. The number of aliphatic hydroxyl groups is 1. The molecule has 1 unspecified atom stereocenters. The van der Waals surface area contributed by atoms with Crippen molar-refractivity contribution in [2.75, 3.05) is 0 Å². The molecule has 0 aliphatic rings. The lowest BCUT2D eigenvalue weighted by Crippen LogP contribution is -1.95. The molecule has 1 nitrogen and oxygen atoms in total. The maximum absolute atomic E-state index is 9.96. The predicted octanol–water partition coefficient (Wildman–Crippen LogP) is 5.68. The van der Waals surface area contributed by atoms with Gasteiger partial charge in [-0.05, 0) is 39.4 Å². The zero-order valence-electron chi connectivity index (χ0n) is 10.6. The highest BCUT2D eigenvalue weighted by atomic mass is 79.9. The van der Waals surface area contributed by atoms with Crippen molar-refractivity contribution in [3.8, 4) is 0 Å². The molecule has 1 atom stereocenters. The maximum Gasteiger partial charge on any atom is 0.0798 e. The highest BCUT2D eigenvalue weighted by Gasteiger charge is 2.08. The molecule has 0 bridgehead atoms. The van der Waals surface area contributed by atoms with Gasteiger partial charge in [0.2, 0.25) is 0 Å². The van der Waals surface area contributed by atoms with Crippen molar-refractivity contribution in [2.24, 2.45) is 0 Å². The first-order valence-corrected chi connectivity index (χ1v) is 8.33. The van der Waals surface area contributed by atoms with Crippen LogP contribution >= 0.6 is 27.3 Å². The zero-order valence-corrected chi connectivity index (χ0v) is 13.0. The molecule has 0 saturated carbocycles. The van der Waals surface area contributed by atoms with Crippen LogP contribution in [0.15, 0.2) is 15.2 Å². The van der Waals surface area contributed by atoms with Gasteiger partial charge in [0, 0.05) is 0 Å². The third-order valence-electron chi connectivity index (χ3n) is 3.05. The highest BCUT2D eigenvalue weighted by molar-refractivity contribution is 9.11. The van der Waals surface area contributed by atoms with Crippen molar-refractivity contribution in [3.63, 3.8) is 0 Å². The van der Waals surface area contributed by atoms with Crippen molar-refractivity contribution < 1.29 is 5.11 Å². The quantitative estimate of drug-likeness (QED) is 0.580. The van der Waals surface area contributed by atoms with Crippen molar-refractivity contribution >= 4 is 27.3 Å². The van der Waals surface area contributed by atoms with E-state index in [0.29, 0.717) is 0 Å². The summed E-state index contributed by atoms with van der Waals surface area (Å²) >= 11 is 5.07. The van der Waals surface area contributed by atoms with E-state index in [1.54, 1.807) is 11.3 Å². The molecule has 1 aromatic heterocycles. The summed E-state index contributed by atoms with van der Waals surface area (Å²) < 4.78 is 1.10. The fourth-order valence-electron chi connectivity index (χ4n) is 1.96. The van der Waals surface area contributed by atoms with E-state index in [2.05, 4.69) is 22.9 Å². The fraction of sp³-hybridized carbons (Fsp3) is 0.714. The Balaban J connectivity index is 2.03. The first kappa shape index (κ1) is 15.2. The van der Waals surface area contributed by atoms with E-state index >= 15 is 0 Å². The number of rotatable bonds is 9. The molecule has 0 fully saturated rings. The Morgan fingerprint density at radius 1 is 1.18 bits per heavy atom. The van der Waals surface area contributed by atoms with E-state index in [1.807, 2.05) is 11.4 Å². The number of hydrogen-bond donors (Lipinski definition) is 1. The number of unbranched alkanes of at least 4 members (excludes halogenated alkanes) is 6. The van der Waals surface area contributed by atoms with Gasteiger partial charge >= 0.3 is 0 Å². The van der Waals surface area contributed by atoms with Crippen LogP contribution in [0, 0.1) is 0 Å². The van der Waals surface area contributed by atoms with Crippen molar-refractivity contribution in [2.45, 2.75) is 64.4 Å². The molecule has 17 heavy (non-hydrogen) atoms. The Morgan fingerprint density at radius 2 is 1.82 bits per heavy atom. The lowest BCUT2D eigenvalue weighted by atomic mass is 10.0. The third kappa shape index (κ3) is 6.58. The van der Waals surface area contributed by atoms with E-state index < -0.39 is 0 Å². The number of halogens is 1. The second kappa shape index (κ2) is 9.12. The van der Waals surface area contributed by atoms with Crippen LogP contribution in [0.25, 0.3) is 0 Å². The van der Waals surface area contributed by atoms with E-state index in [-0.39, 0.29) is 6.10 Å². The van der Waals surface area contributed by atoms with Gasteiger partial charge in [0.05, 0.1) is 9.89 Å². The summed E-state index contributed by atoms with van der Waals surface area (Å²) in [6.45, 7) is 2.25. The largest absolute Gasteiger partial charge is 0.388 e. The second-order valence-corrected chi connectivity index (χ2v) is 6.90. The minimum atomic E-state index is -0.270. The minimum absolute atomic E-state index is 0.270. The minimum Gasteiger partial charge on any atom is -0.388 e. The molecule has 0 aliphatic heterocycles. The molecule has 0 aliphatic carbocycles. The molecule has 0 radical (unpaired) electrons. The van der Waals surface area contributed by atoms with Crippen LogP contribution in [0.1, 0.15) is 70.0 Å². The molecule has 0 spiro atoms. The summed E-state index contributed by atoms with van der Waals surface area (Å²) in [6, 6.07) is 2.02. The van der Waals surface area contributed by atoms with E-state index in [4.69, 9.17) is 0 Å². The lowest BCUT2D eigenvalue weighted by Gasteiger charge is -2.08. The molecule has 1 rings (SSSR count). The summed E-state index contributed by atoms with van der Waals surface area (Å²) in [5, 5.41) is 12.0. The zero-order chi connectivity index (χ0) is 12.5. The Bertz CT molecular complexity index is 298. The molecule has 3 heteroatoms. The van der Waals surface area contributed by atoms with E-state index in [1.165, 1.54) is 38.5 Å². The number of aliphatic hydroxyl groups excluding tert-OH is 1. The van der Waals surface area contributed by atoms with Gasteiger partial charge in [-0.3, -0.25) is 0 Å². The van der Waals surface area contributed by atoms with Crippen LogP contribution in [-0.4, -0.2) is 5.11 Å². The summed E-state index contributed by atoms with van der Waals surface area (Å²) in [4.78, 5) is 0. The van der Waals surface area contributed by atoms with Crippen LogP contribution in [0.3, 0.4) is 0 Å². The summed E-state index contributed by atoms with van der Waals surface area (Å²) in [7, 11) is 0. The normalized spacial score (nSPS) is 12.9. The van der Waals surface area contributed by atoms with Gasteiger partial charge in [-0.25, -0.2) is 0 Å². The fourth-order valence-corrected chi connectivity index (χ4v) is 3.18. The predicted molar refractivity (Wildman–Crippen MR) is 79.6 cm³/mol. The summed E-state index contributed by atoms with van der Waals surface area (Å²) in [5.74, 6) is 0. The first-order chi connectivity index (χ1) is 8.24. The molecule has 1 heterocycles. The third-order valence-corrected chi connectivity index (χ3v) is 4.58. The summed E-state index contributed by atoms with van der Waals surface area (Å²) in [6.07, 6.45) is 9.75. The molecule has 1 aromatic rings. The summed E-state index contributed by atoms with van der Waals surface area (Å²) in [5.41, 5.74) is 1.06. The molecule has 98 valence electrons. The highest BCUT2D eigenvalue weighted by Crippen LogP contribution is 2.28. The van der Waals surface area contributed by atoms with Gasteiger partial charge < -0.3 is 5.11 Å². The van der Waals surface area contributed by atoms with Crippen molar-refractivity contribution in [3.05, 3.63) is 20.8 Å². The first-order valence-electron chi connectivity index (χ1n) is 6.66. The number of thiophene rings is 1. The Kier molecular flexibility index (Phi) is 8.15. The average Bonchev–Trinajstić information content (AvgIpc) is 2.74. The molecular weight excluding hydrogens is 296 g/mol. The van der Waals surface area contributed by atoms with E-state index in [0.717, 1.165) is 22.2 Å². The van der Waals surface area contributed by atoms with Crippen LogP contribution in [0.2, 0.25) is 0 Å². The van der Waals surface area contributed by atoms with Crippen molar-refractivity contribution in [1.82, 2.24) is 0 Å². The van der Waals surface area contributed by atoms with Gasteiger partial charge in [-0.1, -0.05) is 51.9 Å². The molecule has 0 saturated heterocycles. The van der Waals surface area contributed by atoms with Gasteiger partial charge in [-0.15, -0.1) is 11.3 Å². The van der Waals surface area contributed by atoms with Crippen LogP contribution in [0.4, 0.5) is 0 Å². The molecule has 1 N–H and O–H groups in total. The lowest BCUT2D eigenvalue weighted by molar-refractivity contribution is 0.163. The maximum atomic E-state index is 9.96.